The van der Waals surface area contributed by atoms with Crippen molar-refractivity contribution in [3.8, 4) is 0 Å². The Bertz CT molecular complexity index is 246. The van der Waals surface area contributed by atoms with E-state index in [-0.39, 0.29) is 5.91 Å². The highest BCUT2D eigenvalue weighted by atomic mass is 16.2. The van der Waals surface area contributed by atoms with Gasteiger partial charge in [0.2, 0.25) is 5.91 Å². The average molecular weight is 210 g/mol. The Kier molecular flexibility index (Phi) is 3.01. The summed E-state index contributed by atoms with van der Waals surface area (Å²) in [5.41, 5.74) is 0. The fourth-order valence-corrected chi connectivity index (χ4v) is 2.56. The summed E-state index contributed by atoms with van der Waals surface area (Å²) in [5.74, 6) is 1.99. The van der Waals surface area contributed by atoms with Crippen molar-refractivity contribution in [1.29, 1.82) is 0 Å². The molecule has 0 aromatic carbocycles. The molecule has 0 radical (unpaired) electrons. The molecule has 0 unspecified atom stereocenters. The maximum Gasteiger partial charge on any atom is 0.236 e. The van der Waals surface area contributed by atoms with E-state index in [9.17, 15) is 4.79 Å². The van der Waals surface area contributed by atoms with Crippen LogP contribution < -0.4 is 0 Å². The smallest absolute Gasteiger partial charge is 0.236 e. The number of piperazine rings is 1. The van der Waals surface area contributed by atoms with Crippen LogP contribution in [0.15, 0.2) is 0 Å². The van der Waals surface area contributed by atoms with Crippen LogP contribution >= 0.6 is 0 Å². The molecular weight excluding hydrogens is 188 g/mol. The maximum atomic E-state index is 11.5. The molecule has 1 aliphatic carbocycles. The lowest BCUT2D eigenvalue weighted by molar-refractivity contribution is -0.137. The lowest BCUT2D eigenvalue weighted by Gasteiger charge is -2.46. The monoisotopic (exact) mass is 210 g/mol. The predicted molar refractivity (Wildman–Crippen MR) is 60.6 cm³/mol. The highest BCUT2D eigenvalue weighted by molar-refractivity contribution is 5.78. The van der Waals surface area contributed by atoms with Crippen molar-refractivity contribution in [1.82, 2.24) is 9.80 Å². The van der Waals surface area contributed by atoms with Crippen LogP contribution in [0, 0.1) is 11.8 Å². The molecule has 1 heterocycles. The number of carbonyl (C=O) groups excluding carboxylic acids is 1. The van der Waals surface area contributed by atoms with Crippen LogP contribution in [0.2, 0.25) is 0 Å². The van der Waals surface area contributed by atoms with Gasteiger partial charge in [-0.3, -0.25) is 9.69 Å². The predicted octanol–water partition coefficient (Wildman–Crippen LogP) is 1.19. The lowest BCUT2D eigenvalue weighted by atomic mass is 9.73. The van der Waals surface area contributed by atoms with E-state index in [1.54, 1.807) is 0 Å². The van der Waals surface area contributed by atoms with Crippen molar-refractivity contribution >= 4 is 5.91 Å². The molecule has 0 N–H and O–H groups in total. The number of rotatable bonds is 2. The first-order valence-corrected chi connectivity index (χ1v) is 6.06. The molecule has 3 heteroatoms. The molecule has 2 rings (SSSR count). The van der Waals surface area contributed by atoms with Gasteiger partial charge in [-0.15, -0.1) is 0 Å². The topological polar surface area (TPSA) is 23.6 Å². The van der Waals surface area contributed by atoms with Gasteiger partial charge in [0.05, 0.1) is 6.54 Å². The van der Waals surface area contributed by atoms with Gasteiger partial charge >= 0.3 is 0 Å². The van der Waals surface area contributed by atoms with Gasteiger partial charge < -0.3 is 4.90 Å². The number of hydrogen-bond acceptors (Lipinski definition) is 2. The van der Waals surface area contributed by atoms with Crippen LogP contribution in [0.3, 0.4) is 0 Å². The standard InChI is InChI=1S/C12H22N2O/c1-9(2)10-6-11(7-10)14-5-4-13(3)12(15)8-14/h9-11H,4-8H2,1-3H3/t10-,11+. The molecule has 1 amide bonds. The molecule has 2 aliphatic rings. The fourth-order valence-electron chi connectivity index (χ4n) is 2.56. The second kappa shape index (κ2) is 4.12. The second-order valence-corrected chi connectivity index (χ2v) is 5.42. The molecule has 1 aliphatic heterocycles. The van der Waals surface area contributed by atoms with Gasteiger partial charge in [-0.05, 0) is 24.7 Å². The molecule has 15 heavy (non-hydrogen) atoms. The van der Waals surface area contributed by atoms with E-state index in [1.165, 1.54) is 12.8 Å². The minimum absolute atomic E-state index is 0.286. The third kappa shape index (κ3) is 2.17. The highest BCUT2D eigenvalue weighted by Crippen LogP contribution is 2.37. The van der Waals surface area contributed by atoms with E-state index >= 15 is 0 Å². The molecule has 1 saturated carbocycles. The minimum Gasteiger partial charge on any atom is -0.343 e. The van der Waals surface area contributed by atoms with Gasteiger partial charge in [-0.1, -0.05) is 13.8 Å². The summed E-state index contributed by atoms with van der Waals surface area (Å²) in [6, 6.07) is 0.690. The Balaban J connectivity index is 1.80. The normalized spacial score (nSPS) is 33.3. The van der Waals surface area contributed by atoms with Crippen LogP contribution in [0.1, 0.15) is 26.7 Å². The van der Waals surface area contributed by atoms with Crippen LogP contribution in [-0.2, 0) is 4.79 Å². The summed E-state index contributed by atoms with van der Waals surface area (Å²) in [7, 11) is 1.90. The summed E-state index contributed by atoms with van der Waals surface area (Å²) in [5, 5.41) is 0. The van der Waals surface area contributed by atoms with E-state index in [0.29, 0.717) is 12.6 Å². The molecule has 2 fully saturated rings. The summed E-state index contributed by atoms with van der Waals surface area (Å²) in [6.07, 6.45) is 2.60. The first-order valence-electron chi connectivity index (χ1n) is 6.06. The van der Waals surface area contributed by atoms with Crippen molar-refractivity contribution in [2.45, 2.75) is 32.7 Å². The van der Waals surface area contributed by atoms with Crippen LogP contribution in [0.5, 0.6) is 0 Å². The highest BCUT2D eigenvalue weighted by Gasteiger charge is 2.37. The summed E-state index contributed by atoms with van der Waals surface area (Å²) >= 11 is 0. The molecule has 0 aromatic rings. The maximum absolute atomic E-state index is 11.5. The van der Waals surface area contributed by atoms with Gasteiger partial charge in [-0.2, -0.15) is 0 Å². The van der Waals surface area contributed by atoms with Gasteiger partial charge in [0.1, 0.15) is 0 Å². The van der Waals surface area contributed by atoms with E-state index in [4.69, 9.17) is 0 Å². The average Bonchev–Trinajstić information content (AvgIpc) is 2.08. The third-order valence-electron chi connectivity index (χ3n) is 4.10. The molecule has 0 aromatic heterocycles. The zero-order chi connectivity index (χ0) is 11.0. The van der Waals surface area contributed by atoms with Crippen LogP contribution in [-0.4, -0.2) is 48.4 Å². The molecule has 0 atom stereocenters. The molecule has 1 saturated heterocycles. The molecule has 0 spiro atoms. The number of likely N-dealkylation sites (N-methyl/N-ethyl adjacent to an activating group) is 1. The summed E-state index contributed by atoms with van der Waals surface area (Å²) < 4.78 is 0. The molecule has 3 nitrogen and oxygen atoms in total. The fraction of sp³-hybridized carbons (Fsp3) is 0.917. The van der Waals surface area contributed by atoms with Crippen molar-refractivity contribution in [3.05, 3.63) is 0 Å². The Morgan fingerprint density at radius 1 is 1.27 bits per heavy atom. The number of hydrogen-bond donors (Lipinski definition) is 0. The zero-order valence-corrected chi connectivity index (χ0v) is 10.1. The van der Waals surface area contributed by atoms with Crippen LogP contribution in [0.4, 0.5) is 0 Å². The second-order valence-electron chi connectivity index (χ2n) is 5.42. The minimum atomic E-state index is 0.286. The van der Waals surface area contributed by atoms with E-state index in [1.807, 2.05) is 11.9 Å². The first kappa shape index (κ1) is 10.9. The van der Waals surface area contributed by atoms with E-state index in [2.05, 4.69) is 18.7 Å². The Hall–Kier alpha value is -0.570. The first-order chi connectivity index (χ1) is 7.08. The summed E-state index contributed by atoms with van der Waals surface area (Å²) in [6.45, 7) is 7.22. The van der Waals surface area contributed by atoms with Gasteiger partial charge in [-0.25, -0.2) is 0 Å². The Labute approximate surface area is 92.4 Å². The van der Waals surface area contributed by atoms with Gasteiger partial charge in [0.25, 0.3) is 0 Å². The number of amides is 1. The quantitative estimate of drug-likeness (QED) is 0.683. The van der Waals surface area contributed by atoms with Crippen molar-refractivity contribution < 1.29 is 4.79 Å². The third-order valence-corrected chi connectivity index (χ3v) is 4.10. The van der Waals surface area contributed by atoms with Crippen molar-refractivity contribution in [2.24, 2.45) is 11.8 Å². The molecule has 86 valence electrons. The SMILES string of the molecule is CC(C)[C@H]1C[C@@H](N2CCN(C)C(=O)C2)C1. The Morgan fingerprint density at radius 3 is 2.47 bits per heavy atom. The summed E-state index contributed by atoms with van der Waals surface area (Å²) in [4.78, 5) is 15.8. The lowest BCUT2D eigenvalue weighted by Crippen LogP contribution is -2.55. The van der Waals surface area contributed by atoms with E-state index < -0.39 is 0 Å². The Morgan fingerprint density at radius 2 is 1.93 bits per heavy atom. The van der Waals surface area contributed by atoms with E-state index in [0.717, 1.165) is 24.9 Å². The number of nitrogens with zero attached hydrogens (tertiary/aromatic N) is 2. The largest absolute Gasteiger partial charge is 0.343 e. The number of carbonyl (C=O) groups is 1. The van der Waals surface area contributed by atoms with Gasteiger partial charge in [0.15, 0.2) is 0 Å². The van der Waals surface area contributed by atoms with Crippen molar-refractivity contribution in [3.63, 3.8) is 0 Å². The zero-order valence-electron chi connectivity index (χ0n) is 10.1. The molecular formula is C12H22N2O. The van der Waals surface area contributed by atoms with Crippen molar-refractivity contribution in [2.75, 3.05) is 26.7 Å². The van der Waals surface area contributed by atoms with Gasteiger partial charge in [0, 0.05) is 26.2 Å². The molecule has 0 bridgehead atoms. The van der Waals surface area contributed by atoms with Crippen LogP contribution in [0.25, 0.3) is 0 Å².